The summed E-state index contributed by atoms with van der Waals surface area (Å²) in [5, 5.41) is 3.86. The highest BCUT2D eigenvalue weighted by Crippen LogP contribution is 2.38. The minimum Gasteiger partial charge on any atom is -0.326 e. The molecule has 0 amide bonds. The monoisotopic (exact) mass is 465 g/mol. The summed E-state index contributed by atoms with van der Waals surface area (Å²) in [5.41, 5.74) is 13.9. The minimum absolute atomic E-state index is 0.0142. The third kappa shape index (κ3) is 9.07. The first-order chi connectivity index (χ1) is 15.1. The Bertz CT molecular complexity index is 570. The summed E-state index contributed by atoms with van der Waals surface area (Å²) in [5.74, 6) is 0. The number of piperidine rings is 2. The van der Waals surface area contributed by atoms with Crippen molar-refractivity contribution < 1.29 is 0 Å². The highest BCUT2D eigenvalue weighted by molar-refractivity contribution is 5.02. The molecule has 33 heavy (non-hydrogen) atoms. The summed E-state index contributed by atoms with van der Waals surface area (Å²) in [6.07, 6.45) is 10.9. The van der Waals surface area contributed by atoms with Gasteiger partial charge < -0.3 is 21.7 Å². The molecule has 196 valence electrons. The number of unbranched alkanes of at least 4 members (excludes halogenated alkanes) is 1. The van der Waals surface area contributed by atoms with Gasteiger partial charge in [0.15, 0.2) is 0 Å². The number of nitrogens with two attached hydrogens (primary N) is 2. The highest BCUT2D eigenvalue weighted by Gasteiger charge is 2.44. The van der Waals surface area contributed by atoms with Gasteiger partial charge in [0.25, 0.3) is 0 Å². The zero-order chi connectivity index (χ0) is 25.1. The van der Waals surface area contributed by atoms with Crippen molar-refractivity contribution >= 4 is 0 Å². The van der Waals surface area contributed by atoms with E-state index in [1.807, 2.05) is 0 Å². The summed E-state index contributed by atoms with van der Waals surface area (Å²) in [6, 6.07) is 1.01. The summed E-state index contributed by atoms with van der Waals surface area (Å²) in [6.45, 7) is 24.4. The van der Waals surface area contributed by atoms with Crippen molar-refractivity contribution in [1.82, 2.24) is 15.1 Å². The lowest BCUT2D eigenvalue weighted by atomic mass is 9.75. The molecule has 0 aromatic rings. The average molecular weight is 466 g/mol. The Morgan fingerprint density at radius 3 is 2.00 bits per heavy atom. The smallest absolute Gasteiger partial charge is 0.0627 e. The van der Waals surface area contributed by atoms with Crippen LogP contribution < -0.4 is 16.8 Å². The van der Waals surface area contributed by atoms with E-state index in [-0.39, 0.29) is 28.2 Å². The molecule has 5 nitrogen and oxygen atoms in total. The highest BCUT2D eigenvalue weighted by atomic mass is 15.3. The topological polar surface area (TPSA) is 70.5 Å². The van der Waals surface area contributed by atoms with Gasteiger partial charge in [-0.3, -0.25) is 4.90 Å². The molecule has 2 unspecified atom stereocenters. The maximum atomic E-state index is 7.24. The van der Waals surface area contributed by atoms with Crippen LogP contribution >= 0.6 is 0 Å². The lowest BCUT2D eigenvalue weighted by molar-refractivity contribution is -0.0158. The van der Waals surface area contributed by atoms with Crippen LogP contribution in [0.1, 0.15) is 120 Å². The van der Waals surface area contributed by atoms with Crippen LogP contribution in [0.5, 0.6) is 0 Å². The third-order valence-corrected chi connectivity index (χ3v) is 8.00. The van der Waals surface area contributed by atoms with Crippen LogP contribution in [-0.2, 0) is 0 Å². The molecule has 0 bridgehead atoms. The van der Waals surface area contributed by atoms with Crippen LogP contribution in [0, 0.1) is 5.41 Å². The molecule has 0 radical (unpaired) electrons. The van der Waals surface area contributed by atoms with Crippen molar-refractivity contribution in [1.29, 1.82) is 0 Å². The second-order valence-electron chi connectivity index (χ2n) is 14.1. The number of rotatable bonds is 11. The molecule has 2 saturated heterocycles. The molecule has 5 N–H and O–H groups in total. The van der Waals surface area contributed by atoms with Crippen molar-refractivity contribution in [2.24, 2.45) is 16.9 Å². The molecular weight excluding hydrogens is 406 g/mol. The third-order valence-electron chi connectivity index (χ3n) is 8.00. The summed E-state index contributed by atoms with van der Waals surface area (Å²) < 4.78 is 0. The Morgan fingerprint density at radius 1 is 0.970 bits per heavy atom. The quantitative estimate of drug-likeness (QED) is 0.371. The normalized spacial score (nSPS) is 24.7. The van der Waals surface area contributed by atoms with Gasteiger partial charge in [-0.25, -0.2) is 0 Å². The lowest BCUT2D eigenvalue weighted by Crippen LogP contribution is -2.66. The number of nitrogens with zero attached hydrogens (tertiary/aromatic N) is 2. The fourth-order valence-electron chi connectivity index (χ4n) is 6.79. The number of hydrogen-bond donors (Lipinski definition) is 3. The van der Waals surface area contributed by atoms with Crippen LogP contribution in [-0.4, -0.2) is 64.3 Å². The Balaban J connectivity index is 2.25. The zero-order valence-electron chi connectivity index (χ0n) is 23.8. The molecule has 0 saturated carbocycles. The van der Waals surface area contributed by atoms with Gasteiger partial charge in [0, 0.05) is 28.7 Å². The molecule has 0 aliphatic carbocycles. The number of hydrogen-bond acceptors (Lipinski definition) is 5. The van der Waals surface area contributed by atoms with Gasteiger partial charge in [-0.05, 0) is 112 Å². The molecule has 0 spiro atoms. The van der Waals surface area contributed by atoms with E-state index in [1.54, 1.807) is 0 Å². The van der Waals surface area contributed by atoms with E-state index in [0.29, 0.717) is 12.1 Å². The van der Waals surface area contributed by atoms with Crippen molar-refractivity contribution in [2.75, 3.05) is 19.6 Å². The maximum absolute atomic E-state index is 7.24. The van der Waals surface area contributed by atoms with Crippen molar-refractivity contribution in [3.05, 3.63) is 0 Å². The van der Waals surface area contributed by atoms with Crippen LogP contribution in [0.2, 0.25) is 0 Å². The maximum Gasteiger partial charge on any atom is 0.0627 e. The van der Waals surface area contributed by atoms with Crippen LogP contribution in [0.15, 0.2) is 0 Å². The Morgan fingerprint density at radius 2 is 1.52 bits per heavy atom. The van der Waals surface area contributed by atoms with Gasteiger partial charge in [0.2, 0.25) is 0 Å². The SMILES string of the molecule is CCCCN(C1CC(C)(C)NC(C)(C)C1)C(N)C(C)(C)CC(CC(C)(C)N)N1CCCCC1. The molecule has 0 aromatic heterocycles. The molecule has 5 heteroatoms. The Labute approximate surface area is 206 Å². The summed E-state index contributed by atoms with van der Waals surface area (Å²) >= 11 is 0. The molecule has 2 fully saturated rings. The number of nitrogens with one attached hydrogen (secondary N) is 1. The molecular formula is C28H59N5. The molecule has 2 heterocycles. The molecule has 2 aliphatic rings. The Hall–Kier alpha value is -0.200. The molecule has 2 atom stereocenters. The fourth-order valence-corrected chi connectivity index (χ4v) is 6.79. The minimum atomic E-state index is -0.159. The predicted octanol–water partition coefficient (Wildman–Crippen LogP) is 5.08. The van der Waals surface area contributed by atoms with Gasteiger partial charge in [-0.1, -0.05) is 33.6 Å². The van der Waals surface area contributed by atoms with E-state index in [4.69, 9.17) is 11.5 Å². The summed E-state index contributed by atoms with van der Waals surface area (Å²) in [4.78, 5) is 5.41. The average Bonchev–Trinajstić information content (AvgIpc) is 2.64. The van der Waals surface area contributed by atoms with Crippen molar-refractivity contribution in [3.8, 4) is 0 Å². The summed E-state index contributed by atoms with van der Waals surface area (Å²) in [7, 11) is 0. The zero-order valence-corrected chi connectivity index (χ0v) is 23.8. The largest absolute Gasteiger partial charge is 0.326 e. The molecule has 2 aliphatic heterocycles. The van der Waals surface area contributed by atoms with E-state index in [2.05, 4.69) is 77.4 Å². The van der Waals surface area contributed by atoms with Crippen LogP contribution in [0.4, 0.5) is 0 Å². The standard InChI is InChI=1S/C28H59N5/c1-10-11-17-33(23-20-27(6,7)31-28(8,9)21-23)24(29)25(2,3)18-22(19-26(4,5)30)32-15-13-12-14-16-32/h22-24,31H,10-21,29-30H2,1-9H3. The first-order valence-electron chi connectivity index (χ1n) is 13.9. The second kappa shape index (κ2) is 11.2. The van der Waals surface area contributed by atoms with Crippen LogP contribution in [0.25, 0.3) is 0 Å². The van der Waals surface area contributed by atoms with Crippen molar-refractivity contribution in [3.63, 3.8) is 0 Å². The molecule has 0 aromatic carbocycles. The van der Waals surface area contributed by atoms with Gasteiger partial charge in [0.1, 0.15) is 0 Å². The van der Waals surface area contributed by atoms with Gasteiger partial charge >= 0.3 is 0 Å². The van der Waals surface area contributed by atoms with E-state index in [9.17, 15) is 0 Å². The van der Waals surface area contributed by atoms with E-state index in [0.717, 1.165) is 32.2 Å². The molecule has 2 rings (SSSR count). The lowest BCUT2D eigenvalue weighted by Gasteiger charge is -2.53. The van der Waals surface area contributed by atoms with Crippen LogP contribution in [0.3, 0.4) is 0 Å². The van der Waals surface area contributed by atoms with E-state index >= 15 is 0 Å². The first-order valence-corrected chi connectivity index (χ1v) is 13.9. The predicted molar refractivity (Wildman–Crippen MR) is 144 cm³/mol. The second-order valence-corrected chi connectivity index (χ2v) is 14.1. The van der Waals surface area contributed by atoms with Crippen molar-refractivity contribution in [2.45, 2.75) is 155 Å². The van der Waals surface area contributed by atoms with Gasteiger partial charge in [-0.15, -0.1) is 0 Å². The fraction of sp³-hybridized carbons (Fsp3) is 1.00. The first kappa shape index (κ1) is 29.0. The Kier molecular flexibility index (Phi) is 9.89. The van der Waals surface area contributed by atoms with E-state index < -0.39 is 0 Å². The number of likely N-dealkylation sites (tertiary alicyclic amines) is 1. The van der Waals surface area contributed by atoms with E-state index in [1.165, 1.54) is 45.2 Å². The van der Waals surface area contributed by atoms with Gasteiger partial charge in [0.05, 0.1) is 6.17 Å². The van der Waals surface area contributed by atoms with Gasteiger partial charge in [-0.2, -0.15) is 0 Å².